The molecule has 3 nitrogen and oxygen atoms in total. The Hall–Kier alpha value is -1.55. The monoisotopic (exact) mass is 335 g/mol. The molecule has 0 spiro atoms. The van der Waals surface area contributed by atoms with Crippen LogP contribution in [0.2, 0.25) is 10.0 Å². The first kappa shape index (κ1) is 15.3. The maximum absolute atomic E-state index is 12.8. The number of carbonyl (C=O) groups is 1. The molecule has 1 unspecified atom stereocenters. The quantitative estimate of drug-likeness (QED) is 0.839. The summed E-state index contributed by atoms with van der Waals surface area (Å²) < 4.78 is 0. The average Bonchev–Trinajstić information content (AvgIpc) is 2.50. The Morgan fingerprint density at radius 2 is 2.00 bits per heavy atom. The molecule has 2 aromatic rings. The average molecular weight is 336 g/mol. The number of halogens is 2. The van der Waals surface area contributed by atoms with Crippen LogP contribution in [0.25, 0.3) is 0 Å². The van der Waals surface area contributed by atoms with E-state index in [0.717, 1.165) is 16.8 Å². The summed E-state index contributed by atoms with van der Waals surface area (Å²) in [6.07, 6.45) is -0.0171. The molecule has 1 amide bonds. The number of amides is 1. The third-order valence-electron chi connectivity index (χ3n) is 3.94. The van der Waals surface area contributed by atoms with Crippen molar-refractivity contribution in [3.05, 3.63) is 63.1 Å². The standard InChI is InChI=1S/C17H15Cl2NO2/c1-10-3-2-4-12-15(21)7-8-20(16(10)12)17(22)11-5-6-13(18)14(19)9-11/h2-6,9,15,21H,7-8H2,1H3. The zero-order valence-electron chi connectivity index (χ0n) is 12.0. The lowest BCUT2D eigenvalue weighted by Crippen LogP contribution is -2.37. The van der Waals surface area contributed by atoms with Gasteiger partial charge < -0.3 is 10.0 Å². The lowest BCUT2D eigenvalue weighted by atomic mass is 9.95. The molecule has 0 radical (unpaired) electrons. The minimum absolute atomic E-state index is 0.138. The molecule has 1 N–H and O–H groups in total. The van der Waals surface area contributed by atoms with Gasteiger partial charge in [0.05, 0.1) is 21.8 Å². The van der Waals surface area contributed by atoms with E-state index in [1.807, 2.05) is 25.1 Å². The van der Waals surface area contributed by atoms with Crippen LogP contribution in [0.4, 0.5) is 5.69 Å². The van der Waals surface area contributed by atoms with Gasteiger partial charge in [-0.05, 0) is 37.1 Å². The van der Waals surface area contributed by atoms with Crippen molar-refractivity contribution in [3.63, 3.8) is 0 Å². The summed E-state index contributed by atoms with van der Waals surface area (Å²) in [6.45, 7) is 2.41. The van der Waals surface area contributed by atoms with Gasteiger partial charge in [0, 0.05) is 17.7 Å². The second kappa shape index (κ2) is 5.92. The lowest BCUT2D eigenvalue weighted by molar-refractivity contribution is 0.0970. The maximum atomic E-state index is 12.8. The van der Waals surface area contributed by atoms with Crippen molar-refractivity contribution in [1.29, 1.82) is 0 Å². The number of aryl methyl sites for hydroxylation is 1. The highest BCUT2D eigenvalue weighted by Crippen LogP contribution is 2.37. The van der Waals surface area contributed by atoms with E-state index in [9.17, 15) is 9.90 Å². The smallest absolute Gasteiger partial charge is 0.258 e. The van der Waals surface area contributed by atoms with E-state index in [0.29, 0.717) is 28.6 Å². The molecule has 22 heavy (non-hydrogen) atoms. The molecule has 0 saturated carbocycles. The fourth-order valence-corrected chi connectivity index (χ4v) is 3.12. The van der Waals surface area contributed by atoms with E-state index in [2.05, 4.69) is 0 Å². The van der Waals surface area contributed by atoms with Gasteiger partial charge in [-0.25, -0.2) is 0 Å². The number of nitrogens with zero attached hydrogens (tertiary/aromatic N) is 1. The molecule has 0 saturated heterocycles. The van der Waals surface area contributed by atoms with Gasteiger partial charge in [0.2, 0.25) is 0 Å². The molecule has 1 aliphatic heterocycles. The number of hydrogen-bond acceptors (Lipinski definition) is 2. The first-order valence-corrected chi connectivity index (χ1v) is 7.79. The molecule has 114 valence electrons. The van der Waals surface area contributed by atoms with Gasteiger partial charge in [0.25, 0.3) is 5.91 Å². The fourth-order valence-electron chi connectivity index (χ4n) is 2.83. The minimum atomic E-state index is -0.534. The molecule has 5 heteroatoms. The molecule has 1 atom stereocenters. The van der Waals surface area contributed by atoms with Crippen LogP contribution in [0.5, 0.6) is 0 Å². The zero-order chi connectivity index (χ0) is 15.9. The summed E-state index contributed by atoms with van der Waals surface area (Å²) in [7, 11) is 0. The maximum Gasteiger partial charge on any atom is 0.258 e. The van der Waals surface area contributed by atoms with Crippen LogP contribution in [0.15, 0.2) is 36.4 Å². The Morgan fingerprint density at radius 3 is 2.73 bits per heavy atom. The van der Waals surface area contributed by atoms with Crippen LogP contribution >= 0.6 is 23.2 Å². The van der Waals surface area contributed by atoms with Gasteiger partial charge >= 0.3 is 0 Å². The Morgan fingerprint density at radius 1 is 1.23 bits per heavy atom. The summed E-state index contributed by atoms with van der Waals surface area (Å²) in [5.74, 6) is -0.138. The van der Waals surface area contributed by atoms with E-state index in [1.54, 1.807) is 23.1 Å². The highest BCUT2D eigenvalue weighted by Gasteiger charge is 2.29. The second-order valence-corrected chi connectivity index (χ2v) is 6.22. The van der Waals surface area contributed by atoms with Crippen molar-refractivity contribution in [2.45, 2.75) is 19.4 Å². The molecule has 0 aliphatic carbocycles. The van der Waals surface area contributed by atoms with Crippen LogP contribution in [0.3, 0.4) is 0 Å². The highest BCUT2D eigenvalue weighted by molar-refractivity contribution is 6.42. The topological polar surface area (TPSA) is 40.5 Å². The normalized spacial score (nSPS) is 17.3. The lowest BCUT2D eigenvalue weighted by Gasteiger charge is -2.33. The molecule has 3 rings (SSSR count). The third kappa shape index (κ3) is 2.60. The molecule has 0 bridgehead atoms. The van der Waals surface area contributed by atoms with Crippen LogP contribution in [-0.2, 0) is 0 Å². The summed E-state index contributed by atoms with van der Waals surface area (Å²) in [5.41, 5.74) is 3.03. The first-order chi connectivity index (χ1) is 10.5. The zero-order valence-corrected chi connectivity index (χ0v) is 13.5. The molecule has 0 fully saturated rings. The molecule has 1 aliphatic rings. The SMILES string of the molecule is Cc1cccc2c1N(C(=O)c1ccc(Cl)c(Cl)c1)CCC2O. The number of aliphatic hydroxyl groups excluding tert-OH is 1. The van der Waals surface area contributed by atoms with Gasteiger partial charge in [0.1, 0.15) is 0 Å². The predicted octanol–water partition coefficient (Wildman–Crippen LogP) is 4.39. The first-order valence-electron chi connectivity index (χ1n) is 7.03. The predicted molar refractivity (Wildman–Crippen MR) is 88.9 cm³/mol. The van der Waals surface area contributed by atoms with Crippen molar-refractivity contribution < 1.29 is 9.90 Å². The van der Waals surface area contributed by atoms with E-state index in [-0.39, 0.29) is 5.91 Å². The fraction of sp³-hybridized carbons (Fsp3) is 0.235. The van der Waals surface area contributed by atoms with E-state index in [1.165, 1.54) is 0 Å². The van der Waals surface area contributed by atoms with Crippen molar-refractivity contribution in [3.8, 4) is 0 Å². The van der Waals surface area contributed by atoms with Crippen LogP contribution < -0.4 is 4.90 Å². The van der Waals surface area contributed by atoms with Crippen LogP contribution in [0.1, 0.15) is 34.0 Å². The number of hydrogen-bond donors (Lipinski definition) is 1. The summed E-state index contributed by atoms with van der Waals surface area (Å²) in [4.78, 5) is 14.5. The van der Waals surface area contributed by atoms with Gasteiger partial charge in [-0.3, -0.25) is 4.79 Å². The van der Waals surface area contributed by atoms with E-state index >= 15 is 0 Å². The minimum Gasteiger partial charge on any atom is -0.388 e. The number of rotatable bonds is 1. The van der Waals surface area contributed by atoms with Crippen molar-refractivity contribution >= 4 is 34.8 Å². The third-order valence-corrected chi connectivity index (χ3v) is 4.67. The van der Waals surface area contributed by atoms with Crippen LogP contribution in [0, 0.1) is 6.92 Å². The number of aliphatic hydroxyl groups is 1. The second-order valence-electron chi connectivity index (χ2n) is 5.40. The van der Waals surface area contributed by atoms with E-state index < -0.39 is 6.10 Å². The number of para-hydroxylation sites is 1. The van der Waals surface area contributed by atoms with Gasteiger partial charge in [-0.2, -0.15) is 0 Å². The number of benzene rings is 2. The highest BCUT2D eigenvalue weighted by atomic mass is 35.5. The molecular formula is C17H15Cl2NO2. The Labute approximate surface area is 139 Å². The van der Waals surface area contributed by atoms with Crippen molar-refractivity contribution in [1.82, 2.24) is 0 Å². The van der Waals surface area contributed by atoms with E-state index in [4.69, 9.17) is 23.2 Å². The largest absolute Gasteiger partial charge is 0.388 e. The van der Waals surface area contributed by atoms with Gasteiger partial charge in [-0.1, -0.05) is 41.4 Å². The Balaban J connectivity index is 2.04. The Kier molecular flexibility index (Phi) is 4.13. The van der Waals surface area contributed by atoms with Gasteiger partial charge in [-0.15, -0.1) is 0 Å². The molecule has 2 aromatic carbocycles. The number of anilines is 1. The molecular weight excluding hydrogens is 321 g/mol. The Bertz CT molecular complexity index is 745. The molecule has 0 aromatic heterocycles. The molecule has 1 heterocycles. The summed E-state index contributed by atoms with van der Waals surface area (Å²) in [5, 5.41) is 10.9. The van der Waals surface area contributed by atoms with Crippen molar-refractivity contribution in [2.24, 2.45) is 0 Å². The van der Waals surface area contributed by atoms with Gasteiger partial charge in [0.15, 0.2) is 0 Å². The van der Waals surface area contributed by atoms with Crippen LogP contribution in [-0.4, -0.2) is 17.6 Å². The number of fused-ring (bicyclic) bond motifs is 1. The number of carbonyl (C=O) groups excluding carboxylic acids is 1. The summed E-state index contributed by atoms with van der Waals surface area (Å²) >= 11 is 11.9. The van der Waals surface area contributed by atoms with Crippen molar-refractivity contribution in [2.75, 3.05) is 11.4 Å². The summed E-state index contributed by atoms with van der Waals surface area (Å²) in [6, 6.07) is 10.6.